The first-order valence-corrected chi connectivity index (χ1v) is 8.75. The molecule has 3 rings (SSSR count). The predicted octanol–water partition coefficient (Wildman–Crippen LogP) is 3.19. The molecule has 1 aliphatic carbocycles. The fourth-order valence-electron chi connectivity index (χ4n) is 3.21. The molecule has 1 aromatic rings. The van der Waals surface area contributed by atoms with Crippen molar-refractivity contribution < 1.29 is 4.74 Å². The van der Waals surface area contributed by atoms with Gasteiger partial charge in [0, 0.05) is 23.0 Å². The number of para-hydroxylation sites is 1. The Kier molecular flexibility index (Phi) is 4.86. The van der Waals surface area contributed by atoms with Crippen molar-refractivity contribution in [3.63, 3.8) is 0 Å². The number of nitrogens with two attached hydrogens (primary N) is 1. The van der Waals surface area contributed by atoms with E-state index in [1.807, 2.05) is 0 Å². The largest absolute Gasteiger partial charge is 0.493 e. The quantitative estimate of drug-likeness (QED) is 0.646. The van der Waals surface area contributed by atoms with E-state index in [1.165, 1.54) is 43.2 Å². The highest BCUT2D eigenvalue weighted by molar-refractivity contribution is 7.99. The molecular formula is C16H24N2OS. The van der Waals surface area contributed by atoms with Crippen LogP contribution in [0.3, 0.4) is 0 Å². The molecule has 1 heterocycles. The molecule has 110 valence electrons. The van der Waals surface area contributed by atoms with Crippen molar-refractivity contribution >= 4 is 11.8 Å². The first-order valence-electron chi connectivity index (χ1n) is 7.71. The highest BCUT2D eigenvalue weighted by Crippen LogP contribution is 2.36. The Morgan fingerprint density at radius 2 is 2.15 bits per heavy atom. The minimum absolute atomic E-state index is 0.190. The monoisotopic (exact) mass is 292 g/mol. The van der Waals surface area contributed by atoms with Gasteiger partial charge in [-0.2, -0.15) is 11.8 Å². The van der Waals surface area contributed by atoms with Crippen LogP contribution in [-0.4, -0.2) is 17.6 Å². The van der Waals surface area contributed by atoms with Gasteiger partial charge in [0.25, 0.3) is 0 Å². The second-order valence-electron chi connectivity index (χ2n) is 5.75. The minimum Gasteiger partial charge on any atom is -0.493 e. The lowest BCUT2D eigenvalue weighted by atomic mass is 10.0. The first-order chi connectivity index (χ1) is 9.88. The van der Waals surface area contributed by atoms with E-state index in [4.69, 9.17) is 10.6 Å². The van der Waals surface area contributed by atoms with Gasteiger partial charge in [0.1, 0.15) is 5.75 Å². The van der Waals surface area contributed by atoms with Crippen molar-refractivity contribution in [3.05, 3.63) is 29.3 Å². The summed E-state index contributed by atoms with van der Waals surface area (Å²) in [7, 11) is 0. The molecule has 0 radical (unpaired) electrons. The average Bonchev–Trinajstić information content (AvgIpc) is 2.98. The summed E-state index contributed by atoms with van der Waals surface area (Å²) in [5, 5.41) is 0.817. The van der Waals surface area contributed by atoms with E-state index >= 15 is 0 Å². The Labute approximate surface area is 125 Å². The lowest BCUT2D eigenvalue weighted by molar-refractivity contribution is 0.350. The molecule has 4 heteroatoms. The molecule has 20 heavy (non-hydrogen) atoms. The predicted molar refractivity (Wildman–Crippen MR) is 85.0 cm³/mol. The lowest BCUT2D eigenvalue weighted by Gasteiger charge is -2.24. The third kappa shape index (κ3) is 3.13. The summed E-state index contributed by atoms with van der Waals surface area (Å²) in [5.41, 5.74) is 5.54. The van der Waals surface area contributed by atoms with Crippen LogP contribution in [0.1, 0.15) is 49.3 Å². The maximum absolute atomic E-state index is 5.80. The summed E-state index contributed by atoms with van der Waals surface area (Å²) in [6, 6.07) is 6.62. The van der Waals surface area contributed by atoms with Crippen molar-refractivity contribution in [1.29, 1.82) is 0 Å². The Bertz CT molecular complexity index is 446. The van der Waals surface area contributed by atoms with Crippen LogP contribution in [-0.2, 0) is 6.42 Å². The zero-order valence-corrected chi connectivity index (χ0v) is 12.8. The molecule has 2 aliphatic rings. The van der Waals surface area contributed by atoms with E-state index in [0.29, 0.717) is 0 Å². The van der Waals surface area contributed by atoms with Crippen molar-refractivity contribution in [1.82, 2.24) is 5.43 Å². The number of rotatable bonds is 5. The van der Waals surface area contributed by atoms with Crippen LogP contribution in [0, 0.1) is 0 Å². The molecule has 3 nitrogen and oxygen atoms in total. The summed E-state index contributed by atoms with van der Waals surface area (Å²) >= 11 is 2.07. The number of nitrogens with one attached hydrogen (secondary N) is 1. The van der Waals surface area contributed by atoms with E-state index in [9.17, 15) is 0 Å². The number of hydrazine groups is 1. The van der Waals surface area contributed by atoms with E-state index in [-0.39, 0.29) is 6.04 Å². The standard InChI is InChI=1S/C16H24N2OS/c17-18-15(11-20-13-6-2-1-3-7-13)14-8-4-5-12-9-10-19-16(12)14/h4-5,8,13,15,18H,1-3,6-7,9-11,17H2. The molecule has 1 fully saturated rings. The van der Waals surface area contributed by atoms with Gasteiger partial charge in [-0.3, -0.25) is 11.3 Å². The van der Waals surface area contributed by atoms with Crippen molar-refractivity contribution in [3.8, 4) is 5.75 Å². The topological polar surface area (TPSA) is 47.3 Å². The van der Waals surface area contributed by atoms with Gasteiger partial charge in [-0.15, -0.1) is 0 Å². The summed E-state index contributed by atoms with van der Waals surface area (Å²) in [6.45, 7) is 0.805. The molecular weight excluding hydrogens is 268 g/mol. The van der Waals surface area contributed by atoms with Crippen LogP contribution >= 0.6 is 11.8 Å². The van der Waals surface area contributed by atoms with Gasteiger partial charge < -0.3 is 4.74 Å². The van der Waals surface area contributed by atoms with E-state index in [2.05, 4.69) is 35.4 Å². The van der Waals surface area contributed by atoms with Crippen LogP contribution < -0.4 is 16.0 Å². The lowest BCUT2D eigenvalue weighted by Crippen LogP contribution is -2.30. The number of hydrogen-bond acceptors (Lipinski definition) is 4. The first kappa shape index (κ1) is 14.2. The summed E-state index contributed by atoms with van der Waals surface area (Å²) in [5.74, 6) is 7.89. The molecule has 0 saturated heterocycles. The number of ether oxygens (including phenoxy) is 1. The molecule has 1 aliphatic heterocycles. The van der Waals surface area contributed by atoms with Gasteiger partial charge in [-0.05, 0) is 18.4 Å². The number of fused-ring (bicyclic) bond motifs is 1. The highest BCUT2D eigenvalue weighted by Gasteiger charge is 2.23. The van der Waals surface area contributed by atoms with Gasteiger partial charge in [0.2, 0.25) is 0 Å². The highest BCUT2D eigenvalue weighted by atomic mass is 32.2. The van der Waals surface area contributed by atoms with Crippen LogP contribution in [0.15, 0.2) is 18.2 Å². The van der Waals surface area contributed by atoms with Gasteiger partial charge in [0.15, 0.2) is 0 Å². The Balaban J connectivity index is 1.65. The third-order valence-corrected chi connectivity index (χ3v) is 5.84. The van der Waals surface area contributed by atoms with E-state index in [1.54, 1.807) is 0 Å². The minimum atomic E-state index is 0.190. The fraction of sp³-hybridized carbons (Fsp3) is 0.625. The fourth-order valence-corrected chi connectivity index (χ4v) is 4.61. The Morgan fingerprint density at radius 3 is 2.95 bits per heavy atom. The van der Waals surface area contributed by atoms with Crippen molar-refractivity contribution in [2.45, 2.75) is 49.8 Å². The molecule has 3 N–H and O–H groups in total. The van der Waals surface area contributed by atoms with Crippen molar-refractivity contribution in [2.75, 3.05) is 12.4 Å². The van der Waals surface area contributed by atoms with Gasteiger partial charge in [-0.25, -0.2) is 0 Å². The maximum atomic E-state index is 5.80. The average molecular weight is 292 g/mol. The maximum Gasteiger partial charge on any atom is 0.127 e. The van der Waals surface area contributed by atoms with Gasteiger partial charge in [-0.1, -0.05) is 37.5 Å². The summed E-state index contributed by atoms with van der Waals surface area (Å²) in [6.07, 6.45) is 7.95. The van der Waals surface area contributed by atoms with Crippen LogP contribution in [0.4, 0.5) is 0 Å². The molecule has 1 unspecified atom stereocenters. The zero-order valence-electron chi connectivity index (χ0n) is 11.9. The summed E-state index contributed by atoms with van der Waals surface area (Å²) in [4.78, 5) is 0. The van der Waals surface area contributed by atoms with Gasteiger partial charge in [0.05, 0.1) is 12.6 Å². The number of hydrogen-bond donors (Lipinski definition) is 2. The van der Waals surface area contributed by atoms with Crippen LogP contribution in [0.5, 0.6) is 5.75 Å². The zero-order chi connectivity index (χ0) is 13.8. The SMILES string of the molecule is NNC(CSC1CCCCC1)c1cccc2c1OCC2. The molecule has 1 aromatic carbocycles. The molecule has 0 spiro atoms. The normalized spacial score (nSPS) is 20.4. The Morgan fingerprint density at radius 1 is 1.30 bits per heavy atom. The van der Waals surface area contributed by atoms with Gasteiger partial charge >= 0.3 is 0 Å². The van der Waals surface area contributed by atoms with E-state index < -0.39 is 0 Å². The smallest absolute Gasteiger partial charge is 0.127 e. The molecule has 0 amide bonds. The van der Waals surface area contributed by atoms with Crippen LogP contribution in [0.25, 0.3) is 0 Å². The molecule has 1 atom stereocenters. The second kappa shape index (κ2) is 6.83. The third-order valence-electron chi connectivity index (χ3n) is 4.37. The van der Waals surface area contributed by atoms with E-state index in [0.717, 1.165) is 29.8 Å². The van der Waals surface area contributed by atoms with Crippen LogP contribution in [0.2, 0.25) is 0 Å². The molecule has 0 aromatic heterocycles. The summed E-state index contributed by atoms with van der Waals surface area (Å²) < 4.78 is 5.80. The number of thioether (sulfide) groups is 1. The second-order valence-corrected chi connectivity index (χ2v) is 7.08. The number of benzene rings is 1. The van der Waals surface area contributed by atoms with Crippen molar-refractivity contribution in [2.24, 2.45) is 5.84 Å². The Hall–Kier alpha value is -0.710. The molecule has 1 saturated carbocycles. The molecule has 0 bridgehead atoms.